The van der Waals surface area contributed by atoms with E-state index in [1.807, 2.05) is 45.0 Å². The summed E-state index contributed by atoms with van der Waals surface area (Å²) in [5.74, 6) is 0.355. The molecule has 4 rings (SSSR count). The van der Waals surface area contributed by atoms with Crippen LogP contribution in [0.4, 0.5) is 11.6 Å². The van der Waals surface area contributed by atoms with Gasteiger partial charge in [-0.2, -0.15) is 0 Å². The Morgan fingerprint density at radius 3 is 2.23 bits per heavy atom. The molecule has 2 aromatic rings. The summed E-state index contributed by atoms with van der Waals surface area (Å²) in [6.07, 6.45) is 3.72. The zero-order valence-corrected chi connectivity index (χ0v) is 18.3. The first-order chi connectivity index (χ1) is 14.0. The van der Waals surface area contributed by atoms with Crippen LogP contribution in [0.1, 0.15) is 26.3 Å². The number of aromatic nitrogens is 2. The van der Waals surface area contributed by atoms with Crippen LogP contribution in [0.2, 0.25) is 0 Å². The number of ether oxygens (including phenoxy) is 2. The molecule has 2 aliphatic rings. The predicted octanol–water partition coefficient (Wildman–Crippen LogP) is 2.08. The van der Waals surface area contributed by atoms with Crippen molar-refractivity contribution in [2.75, 3.05) is 31.3 Å². The van der Waals surface area contributed by atoms with Crippen molar-refractivity contribution in [3.63, 3.8) is 0 Å². The van der Waals surface area contributed by atoms with Gasteiger partial charge >= 0.3 is 0 Å². The summed E-state index contributed by atoms with van der Waals surface area (Å²) in [4.78, 5) is 20.0. The van der Waals surface area contributed by atoms with Crippen molar-refractivity contribution < 1.29 is 22.7 Å². The summed E-state index contributed by atoms with van der Waals surface area (Å²) in [6, 6.07) is 7.93. The smallest absolute Gasteiger partial charge is 0.293 e. The Morgan fingerprint density at radius 2 is 1.83 bits per heavy atom. The van der Waals surface area contributed by atoms with E-state index >= 15 is 0 Å². The molecule has 2 atom stereocenters. The van der Waals surface area contributed by atoms with Crippen molar-refractivity contribution in [2.45, 2.75) is 37.0 Å². The second-order valence-corrected chi connectivity index (χ2v) is 10.1. The molecular weight excluding hydrogens is 408 g/mol. The van der Waals surface area contributed by atoms with Gasteiger partial charge in [-0.05, 0) is 32.9 Å². The van der Waals surface area contributed by atoms with Gasteiger partial charge in [0.15, 0.2) is 15.6 Å². The number of hydrogen-bond donors (Lipinski definition) is 1. The molecule has 9 nitrogen and oxygen atoms in total. The van der Waals surface area contributed by atoms with Crippen molar-refractivity contribution in [3.05, 3.63) is 42.2 Å². The lowest BCUT2D eigenvalue weighted by Gasteiger charge is -2.14. The van der Waals surface area contributed by atoms with Gasteiger partial charge in [-0.3, -0.25) is 9.69 Å². The molecule has 0 radical (unpaired) electrons. The predicted molar refractivity (Wildman–Crippen MR) is 111 cm³/mol. The number of fused-ring (bicyclic) bond motifs is 1. The van der Waals surface area contributed by atoms with Gasteiger partial charge in [0.05, 0.1) is 19.0 Å². The van der Waals surface area contributed by atoms with E-state index in [2.05, 4.69) is 24.9 Å². The van der Waals surface area contributed by atoms with Crippen LogP contribution in [0.5, 0.6) is 0 Å². The second-order valence-electron chi connectivity index (χ2n) is 8.10. The molecule has 0 saturated carbocycles. The number of nitrogens with zero attached hydrogens (tertiary/aromatic N) is 3. The molecule has 1 N–H and O–H groups in total. The highest BCUT2D eigenvalue weighted by Crippen LogP contribution is 2.47. The van der Waals surface area contributed by atoms with Gasteiger partial charge in [-0.15, -0.1) is 0 Å². The minimum atomic E-state index is -3.28. The Kier molecular flexibility index (Phi) is 6.11. The maximum atomic E-state index is 11.4. The number of sulfone groups is 1. The van der Waals surface area contributed by atoms with Gasteiger partial charge in [0.1, 0.15) is 10.5 Å². The summed E-state index contributed by atoms with van der Waals surface area (Å²) < 4.78 is 33.1. The average Bonchev–Trinajstić information content (AvgIpc) is 3.22. The van der Waals surface area contributed by atoms with Crippen LogP contribution in [0.3, 0.4) is 0 Å². The molecule has 1 aromatic heterocycles. The number of carbonyl (C=O) groups is 1. The molecule has 2 aliphatic heterocycles. The van der Waals surface area contributed by atoms with Gasteiger partial charge in [0, 0.05) is 30.6 Å². The lowest BCUT2D eigenvalue weighted by molar-refractivity contribution is -0.138. The zero-order chi connectivity index (χ0) is 22.0. The molecule has 1 aromatic carbocycles. The molecule has 2 fully saturated rings. The van der Waals surface area contributed by atoms with Crippen molar-refractivity contribution >= 4 is 27.9 Å². The molecule has 0 bridgehead atoms. The molecule has 162 valence electrons. The Hall–Kier alpha value is -2.56. The Bertz CT molecular complexity index is 987. The molecule has 0 aliphatic carbocycles. The summed E-state index contributed by atoms with van der Waals surface area (Å²) in [6.45, 7) is 8.64. The van der Waals surface area contributed by atoms with Crippen molar-refractivity contribution in [1.29, 1.82) is 0 Å². The van der Waals surface area contributed by atoms with Crippen LogP contribution >= 0.6 is 0 Å². The standard InChI is InChI=1S/C15H16N4O3S.C5H10O2/c1-23(20,21)13-8-16-14(17-9-13)18-12-4-2-11(3-5-12)15-10-19(15)6-7-22-15;1-5(2,3)7-4-6/h2-5,8-9H,6-7,10H2,1H3,(H,16,17,18);4H,1-3H3. The first-order valence-electron chi connectivity index (χ1n) is 9.44. The highest BCUT2D eigenvalue weighted by atomic mass is 32.2. The van der Waals surface area contributed by atoms with Crippen molar-refractivity contribution in [1.82, 2.24) is 14.9 Å². The van der Waals surface area contributed by atoms with Crippen LogP contribution in [-0.2, 0) is 29.8 Å². The highest BCUT2D eigenvalue weighted by molar-refractivity contribution is 7.90. The van der Waals surface area contributed by atoms with Gasteiger partial charge < -0.3 is 14.8 Å². The van der Waals surface area contributed by atoms with Gasteiger partial charge in [-0.25, -0.2) is 18.4 Å². The topological polar surface area (TPSA) is 110 Å². The largest absolute Gasteiger partial charge is 0.462 e. The summed E-state index contributed by atoms with van der Waals surface area (Å²) >= 11 is 0. The maximum absolute atomic E-state index is 11.4. The Labute approximate surface area is 176 Å². The lowest BCUT2D eigenvalue weighted by atomic mass is 10.1. The van der Waals surface area contributed by atoms with Crippen molar-refractivity contribution in [3.8, 4) is 0 Å². The van der Waals surface area contributed by atoms with Gasteiger partial charge in [0.25, 0.3) is 6.47 Å². The van der Waals surface area contributed by atoms with Crippen LogP contribution < -0.4 is 5.32 Å². The molecule has 2 saturated heterocycles. The van der Waals surface area contributed by atoms with Gasteiger partial charge in [0.2, 0.25) is 5.95 Å². The normalized spacial score (nSPS) is 22.3. The number of benzene rings is 1. The first kappa shape index (κ1) is 22.1. The van der Waals surface area contributed by atoms with E-state index in [4.69, 9.17) is 4.74 Å². The fourth-order valence-corrected chi connectivity index (χ4v) is 3.45. The molecule has 0 amide bonds. The number of nitrogens with one attached hydrogen (secondary N) is 1. The van der Waals surface area contributed by atoms with E-state index in [9.17, 15) is 13.2 Å². The fourth-order valence-electron chi connectivity index (χ4n) is 2.96. The average molecular weight is 435 g/mol. The molecular formula is C20H26N4O5S. The van der Waals surface area contributed by atoms with Gasteiger partial charge in [-0.1, -0.05) is 12.1 Å². The number of carbonyl (C=O) groups excluding carboxylic acids is 1. The van der Waals surface area contributed by atoms with E-state index in [1.165, 1.54) is 12.4 Å². The molecule has 2 unspecified atom stereocenters. The summed E-state index contributed by atoms with van der Waals surface area (Å²) in [5.41, 5.74) is 1.46. The molecule has 0 spiro atoms. The first-order valence-corrected chi connectivity index (χ1v) is 11.3. The van der Waals surface area contributed by atoms with E-state index in [0.29, 0.717) is 12.4 Å². The van der Waals surface area contributed by atoms with Crippen LogP contribution in [0.25, 0.3) is 0 Å². The number of hydrogen-bond acceptors (Lipinski definition) is 9. The Balaban J connectivity index is 0.000000318. The van der Waals surface area contributed by atoms with E-state index in [0.717, 1.165) is 37.2 Å². The molecule has 10 heteroatoms. The molecule has 30 heavy (non-hydrogen) atoms. The SMILES string of the molecule is CC(C)(C)OC=O.CS(=O)(=O)c1cnc(Nc2ccc(C34CN3CCO4)cc2)nc1. The number of rotatable bonds is 5. The third kappa shape index (κ3) is 5.32. The number of morpholine rings is 1. The summed E-state index contributed by atoms with van der Waals surface area (Å²) in [7, 11) is -3.28. The van der Waals surface area contributed by atoms with Crippen LogP contribution in [-0.4, -0.2) is 61.3 Å². The zero-order valence-electron chi connectivity index (χ0n) is 17.5. The Morgan fingerprint density at radius 1 is 1.20 bits per heavy atom. The maximum Gasteiger partial charge on any atom is 0.293 e. The highest BCUT2D eigenvalue weighted by Gasteiger charge is 2.58. The van der Waals surface area contributed by atoms with E-state index in [-0.39, 0.29) is 16.2 Å². The minimum Gasteiger partial charge on any atom is -0.462 e. The summed E-state index contributed by atoms with van der Waals surface area (Å²) in [5, 5.41) is 3.06. The third-order valence-corrected chi connectivity index (χ3v) is 5.63. The number of anilines is 2. The monoisotopic (exact) mass is 434 g/mol. The minimum absolute atomic E-state index is 0.102. The fraction of sp³-hybridized carbons (Fsp3) is 0.450. The lowest BCUT2D eigenvalue weighted by Crippen LogP contribution is -2.17. The van der Waals surface area contributed by atoms with E-state index in [1.54, 1.807) is 0 Å². The molecule has 3 heterocycles. The second kappa shape index (κ2) is 8.29. The van der Waals surface area contributed by atoms with Crippen LogP contribution in [0, 0.1) is 0 Å². The quantitative estimate of drug-likeness (QED) is 0.558. The van der Waals surface area contributed by atoms with Crippen molar-refractivity contribution in [2.24, 2.45) is 0 Å². The van der Waals surface area contributed by atoms with Crippen LogP contribution in [0.15, 0.2) is 41.6 Å². The van der Waals surface area contributed by atoms with E-state index < -0.39 is 9.84 Å². The third-order valence-electron chi connectivity index (χ3n) is 4.56.